The maximum atomic E-state index is 5.48. The van der Waals surface area contributed by atoms with Crippen LogP contribution in [0.3, 0.4) is 0 Å². The molecule has 0 saturated carbocycles. The molecular weight excluding hydrogens is 162 g/mol. The van der Waals surface area contributed by atoms with Crippen molar-refractivity contribution in [3.8, 4) is 0 Å². The van der Waals surface area contributed by atoms with E-state index in [2.05, 4.69) is 25.7 Å². The van der Waals surface area contributed by atoms with E-state index in [4.69, 9.17) is 4.74 Å². The van der Waals surface area contributed by atoms with Crippen LogP contribution in [0.25, 0.3) is 0 Å². The third kappa shape index (κ3) is 8.00. The van der Waals surface area contributed by atoms with E-state index in [1.807, 2.05) is 6.08 Å². The summed E-state index contributed by atoms with van der Waals surface area (Å²) in [5, 5.41) is 3.43. The van der Waals surface area contributed by atoms with Crippen LogP contribution < -0.4 is 5.32 Å². The number of rotatable bonds is 9. The van der Waals surface area contributed by atoms with Gasteiger partial charge in [0.15, 0.2) is 0 Å². The molecule has 0 aromatic rings. The molecule has 0 fully saturated rings. The van der Waals surface area contributed by atoms with Gasteiger partial charge in [0.05, 0.1) is 6.61 Å². The Morgan fingerprint density at radius 2 is 2.15 bits per heavy atom. The third-order valence-electron chi connectivity index (χ3n) is 1.80. The number of ether oxygens (including phenoxy) is 1. The molecule has 0 aliphatic carbocycles. The SMILES string of the molecule is C=CCC(COCCC)NCCC. The first-order chi connectivity index (χ1) is 6.35. The Morgan fingerprint density at radius 1 is 1.38 bits per heavy atom. The Kier molecular flexibility index (Phi) is 9.49. The highest BCUT2D eigenvalue weighted by Gasteiger charge is 2.04. The van der Waals surface area contributed by atoms with Gasteiger partial charge >= 0.3 is 0 Å². The van der Waals surface area contributed by atoms with Gasteiger partial charge in [-0.3, -0.25) is 0 Å². The van der Waals surface area contributed by atoms with Gasteiger partial charge in [-0.2, -0.15) is 0 Å². The summed E-state index contributed by atoms with van der Waals surface area (Å²) in [4.78, 5) is 0. The van der Waals surface area contributed by atoms with Gasteiger partial charge in [-0.1, -0.05) is 19.9 Å². The van der Waals surface area contributed by atoms with Crippen LogP contribution in [0.2, 0.25) is 0 Å². The Morgan fingerprint density at radius 3 is 2.69 bits per heavy atom. The monoisotopic (exact) mass is 185 g/mol. The number of hydrogen-bond acceptors (Lipinski definition) is 2. The molecule has 0 heterocycles. The minimum absolute atomic E-state index is 0.448. The molecular formula is C11H23NO. The van der Waals surface area contributed by atoms with E-state index in [1.165, 1.54) is 6.42 Å². The van der Waals surface area contributed by atoms with Gasteiger partial charge in [0.1, 0.15) is 0 Å². The lowest BCUT2D eigenvalue weighted by Crippen LogP contribution is -2.33. The van der Waals surface area contributed by atoms with Crippen molar-refractivity contribution < 1.29 is 4.74 Å². The van der Waals surface area contributed by atoms with Gasteiger partial charge in [-0.05, 0) is 25.8 Å². The zero-order chi connectivity index (χ0) is 9.94. The highest BCUT2D eigenvalue weighted by Crippen LogP contribution is 1.95. The maximum absolute atomic E-state index is 5.48. The Hall–Kier alpha value is -0.340. The van der Waals surface area contributed by atoms with Gasteiger partial charge in [0.2, 0.25) is 0 Å². The topological polar surface area (TPSA) is 21.3 Å². The van der Waals surface area contributed by atoms with E-state index in [9.17, 15) is 0 Å². The molecule has 0 aliphatic rings. The minimum Gasteiger partial charge on any atom is -0.380 e. The smallest absolute Gasteiger partial charge is 0.0622 e. The summed E-state index contributed by atoms with van der Waals surface area (Å²) in [6, 6.07) is 0.448. The summed E-state index contributed by atoms with van der Waals surface area (Å²) in [6.45, 7) is 10.8. The summed E-state index contributed by atoms with van der Waals surface area (Å²) < 4.78 is 5.48. The molecule has 0 amide bonds. The number of hydrogen-bond donors (Lipinski definition) is 1. The molecule has 0 radical (unpaired) electrons. The molecule has 0 aliphatic heterocycles. The van der Waals surface area contributed by atoms with Gasteiger partial charge in [0, 0.05) is 12.6 Å². The molecule has 1 N–H and O–H groups in total. The molecule has 13 heavy (non-hydrogen) atoms. The van der Waals surface area contributed by atoms with Crippen LogP contribution in [0.4, 0.5) is 0 Å². The van der Waals surface area contributed by atoms with E-state index in [0.29, 0.717) is 6.04 Å². The lowest BCUT2D eigenvalue weighted by Gasteiger charge is -2.16. The molecule has 0 bridgehead atoms. The second kappa shape index (κ2) is 9.75. The fourth-order valence-electron chi connectivity index (χ4n) is 1.13. The summed E-state index contributed by atoms with van der Waals surface area (Å²) in [6.07, 6.45) is 5.20. The van der Waals surface area contributed by atoms with Gasteiger partial charge in [-0.15, -0.1) is 6.58 Å². The van der Waals surface area contributed by atoms with Crippen molar-refractivity contribution in [2.24, 2.45) is 0 Å². The second-order valence-corrected chi connectivity index (χ2v) is 3.25. The predicted octanol–water partition coefficient (Wildman–Crippen LogP) is 2.36. The lowest BCUT2D eigenvalue weighted by molar-refractivity contribution is 0.112. The molecule has 0 saturated heterocycles. The summed E-state index contributed by atoms with van der Waals surface area (Å²) >= 11 is 0. The van der Waals surface area contributed by atoms with Gasteiger partial charge in [0.25, 0.3) is 0 Å². The number of nitrogens with one attached hydrogen (secondary N) is 1. The minimum atomic E-state index is 0.448. The van der Waals surface area contributed by atoms with E-state index >= 15 is 0 Å². The van der Waals surface area contributed by atoms with Crippen molar-refractivity contribution in [3.63, 3.8) is 0 Å². The zero-order valence-electron chi connectivity index (χ0n) is 9.01. The maximum Gasteiger partial charge on any atom is 0.0622 e. The van der Waals surface area contributed by atoms with Gasteiger partial charge < -0.3 is 10.1 Å². The molecule has 0 aromatic carbocycles. The van der Waals surface area contributed by atoms with Crippen LogP contribution in [0.5, 0.6) is 0 Å². The van der Waals surface area contributed by atoms with E-state index in [1.54, 1.807) is 0 Å². The first-order valence-electron chi connectivity index (χ1n) is 5.27. The van der Waals surface area contributed by atoms with Gasteiger partial charge in [-0.25, -0.2) is 0 Å². The highest BCUT2D eigenvalue weighted by molar-refractivity contribution is 4.77. The van der Waals surface area contributed by atoms with Crippen molar-refractivity contribution in [1.82, 2.24) is 5.32 Å². The average molecular weight is 185 g/mol. The average Bonchev–Trinajstić information content (AvgIpc) is 2.14. The molecule has 2 nitrogen and oxygen atoms in total. The molecule has 1 atom stereocenters. The largest absolute Gasteiger partial charge is 0.380 e. The summed E-state index contributed by atoms with van der Waals surface area (Å²) in [5.41, 5.74) is 0. The van der Waals surface area contributed by atoms with Crippen molar-refractivity contribution in [1.29, 1.82) is 0 Å². The van der Waals surface area contributed by atoms with Crippen LogP contribution in [-0.2, 0) is 4.74 Å². The second-order valence-electron chi connectivity index (χ2n) is 3.25. The van der Waals surface area contributed by atoms with E-state index in [0.717, 1.165) is 32.6 Å². The van der Waals surface area contributed by atoms with Crippen LogP contribution in [0, 0.1) is 0 Å². The normalized spacial score (nSPS) is 12.8. The zero-order valence-corrected chi connectivity index (χ0v) is 9.01. The molecule has 0 spiro atoms. The van der Waals surface area contributed by atoms with Crippen molar-refractivity contribution in [3.05, 3.63) is 12.7 Å². The first-order valence-corrected chi connectivity index (χ1v) is 5.27. The first kappa shape index (κ1) is 12.7. The van der Waals surface area contributed by atoms with E-state index in [-0.39, 0.29) is 0 Å². The summed E-state index contributed by atoms with van der Waals surface area (Å²) in [5.74, 6) is 0. The van der Waals surface area contributed by atoms with Crippen molar-refractivity contribution in [2.45, 2.75) is 39.2 Å². The molecule has 1 unspecified atom stereocenters. The van der Waals surface area contributed by atoms with Crippen molar-refractivity contribution in [2.75, 3.05) is 19.8 Å². The van der Waals surface area contributed by atoms with E-state index < -0.39 is 0 Å². The third-order valence-corrected chi connectivity index (χ3v) is 1.80. The standard InChI is InChI=1S/C11H23NO/c1-4-7-11(12-8-5-2)10-13-9-6-3/h4,11-12H,1,5-10H2,2-3H3. The fourth-order valence-corrected chi connectivity index (χ4v) is 1.13. The highest BCUT2D eigenvalue weighted by atomic mass is 16.5. The van der Waals surface area contributed by atoms with Crippen LogP contribution >= 0.6 is 0 Å². The quantitative estimate of drug-likeness (QED) is 0.440. The summed E-state index contributed by atoms with van der Waals surface area (Å²) in [7, 11) is 0. The van der Waals surface area contributed by atoms with Crippen LogP contribution in [0.1, 0.15) is 33.1 Å². The predicted molar refractivity (Wildman–Crippen MR) is 58.0 cm³/mol. The fraction of sp³-hybridized carbons (Fsp3) is 0.818. The Balaban J connectivity index is 3.47. The van der Waals surface area contributed by atoms with Crippen molar-refractivity contribution >= 4 is 0 Å². The Labute approximate surface area is 82.4 Å². The molecule has 0 aromatic heterocycles. The molecule has 2 heteroatoms. The lowest BCUT2D eigenvalue weighted by atomic mass is 10.2. The van der Waals surface area contributed by atoms with Crippen LogP contribution in [0.15, 0.2) is 12.7 Å². The molecule has 0 rings (SSSR count). The molecule has 78 valence electrons. The Bertz CT molecular complexity index is 115. The van der Waals surface area contributed by atoms with Crippen LogP contribution in [-0.4, -0.2) is 25.8 Å².